The van der Waals surface area contributed by atoms with E-state index in [4.69, 9.17) is 4.98 Å². The van der Waals surface area contributed by atoms with Crippen LogP contribution in [0.5, 0.6) is 0 Å². The van der Waals surface area contributed by atoms with Gasteiger partial charge in [0.1, 0.15) is 17.7 Å². The Labute approximate surface area is 217 Å². The normalized spacial score (nSPS) is 12.3. The number of aromatic amines is 2. The van der Waals surface area contributed by atoms with E-state index >= 15 is 0 Å². The van der Waals surface area contributed by atoms with Crippen LogP contribution < -0.4 is 5.32 Å². The van der Waals surface area contributed by atoms with Crippen LogP contribution in [0, 0.1) is 5.82 Å². The largest absolute Gasteiger partial charge is 0.374 e. The van der Waals surface area contributed by atoms with E-state index in [-0.39, 0.29) is 5.82 Å². The van der Waals surface area contributed by atoms with E-state index in [9.17, 15) is 9.50 Å². The van der Waals surface area contributed by atoms with Crippen LogP contribution in [-0.2, 0) is 0 Å². The molecule has 6 rings (SSSR count). The van der Waals surface area contributed by atoms with Crippen LogP contribution in [0.4, 0.5) is 10.1 Å². The van der Waals surface area contributed by atoms with E-state index in [2.05, 4.69) is 42.4 Å². The number of fused-ring (bicyclic) bond motifs is 2. The average Bonchev–Trinajstić information content (AvgIpc) is 3.55. The van der Waals surface area contributed by atoms with Crippen molar-refractivity contribution in [1.29, 1.82) is 0 Å². The number of nitrogens with one attached hydrogen (secondary N) is 3. The first kappa shape index (κ1) is 23.7. The first-order chi connectivity index (χ1) is 18.6. The van der Waals surface area contributed by atoms with Gasteiger partial charge in [0.15, 0.2) is 5.82 Å². The number of hydrogen-bond donors (Lipinski definition) is 4. The Hall–Kier alpha value is -4.70. The molecule has 1 atom stereocenters. The molecule has 0 amide bonds. The highest BCUT2D eigenvalue weighted by Crippen LogP contribution is 2.32. The van der Waals surface area contributed by atoms with Crippen molar-refractivity contribution in [3.63, 3.8) is 0 Å². The fraction of sp³-hybridized carbons (Fsp3) is 0.179. The molecule has 0 saturated heterocycles. The second-order valence-electron chi connectivity index (χ2n) is 9.13. The van der Waals surface area contributed by atoms with Crippen molar-refractivity contribution in [2.24, 2.45) is 0 Å². The molecule has 0 saturated carbocycles. The molecule has 5 heterocycles. The summed E-state index contributed by atoms with van der Waals surface area (Å²) in [5, 5.41) is 21.7. The molecule has 4 N–H and O–H groups in total. The minimum absolute atomic E-state index is 0.321. The number of rotatable bonds is 8. The van der Waals surface area contributed by atoms with Crippen LogP contribution in [0.1, 0.15) is 26.2 Å². The Morgan fingerprint density at radius 2 is 1.89 bits per heavy atom. The molecule has 1 aromatic carbocycles. The number of anilines is 1. The Morgan fingerprint density at radius 3 is 2.76 bits per heavy atom. The number of nitrogens with zero attached hydrogens (tertiary/aromatic N) is 5. The van der Waals surface area contributed by atoms with Gasteiger partial charge in [0.25, 0.3) is 0 Å². The van der Waals surface area contributed by atoms with Crippen LogP contribution in [0.2, 0.25) is 0 Å². The van der Waals surface area contributed by atoms with Gasteiger partial charge >= 0.3 is 0 Å². The number of halogens is 1. The summed E-state index contributed by atoms with van der Waals surface area (Å²) in [6, 6.07) is 10.2. The zero-order valence-corrected chi connectivity index (χ0v) is 20.6. The molecule has 0 bridgehead atoms. The number of pyridine rings is 3. The number of benzene rings is 1. The van der Waals surface area contributed by atoms with Crippen molar-refractivity contribution >= 4 is 27.6 Å². The number of imidazole rings is 1. The molecule has 190 valence electrons. The summed E-state index contributed by atoms with van der Waals surface area (Å²) in [7, 11) is 0. The van der Waals surface area contributed by atoms with E-state index in [1.165, 1.54) is 12.1 Å². The minimum Gasteiger partial charge on any atom is -0.374 e. The zero-order valence-electron chi connectivity index (χ0n) is 20.6. The van der Waals surface area contributed by atoms with E-state index < -0.39 is 6.23 Å². The lowest BCUT2D eigenvalue weighted by Gasteiger charge is -2.14. The molecule has 0 aliphatic rings. The lowest BCUT2D eigenvalue weighted by atomic mass is 10.1. The second kappa shape index (κ2) is 9.98. The fourth-order valence-electron chi connectivity index (χ4n) is 4.49. The Bertz CT molecular complexity index is 1740. The van der Waals surface area contributed by atoms with Crippen molar-refractivity contribution in [3.8, 4) is 33.9 Å². The van der Waals surface area contributed by atoms with Crippen LogP contribution in [0.15, 0.2) is 67.4 Å². The molecule has 0 fully saturated rings. The van der Waals surface area contributed by atoms with Gasteiger partial charge in [0, 0.05) is 28.9 Å². The third-order valence-electron chi connectivity index (χ3n) is 6.40. The molecule has 9 nitrogen and oxygen atoms in total. The quantitative estimate of drug-likeness (QED) is 0.195. The van der Waals surface area contributed by atoms with Gasteiger partial charge in [-0.2, -0.15) is 5.10 Å². The third-order valence-corrected chi connectivity index (χ3v) is 6.40. The van der Waals surface area contributed by atoms with Crippen molar-refractivity contribution in [1.82, 2.24) is 35.1 Å². The van der Waals surface area contributed by atoms with Gasteiger partial charge in [0.2, 0.25) is 0 Å². The SMILES string of the molecule is CCCCC(O)Nc1cncc(-c2cc3c(-c4nc5c(-c6cccc(F)c6)cncc5[nH]4)n[nH]c3cn2)c1. The van der Waals surface area contributed by atoms with Crippen LogP contribution in [0.25, 0.3) is 55.8 Å². The van der Waals surface area contributed by atoms with Gasteiger partial charge in [-0.15, -0.1) is 0 Å². The summed E-state index contributed by atoms with van der Waals surface area (Å²) in [5.74, 6) is 0.236. The Morgan fingerprint density at radius 1 is 1.00 bits per heavy atom. The summed E-state index contributed by atoms with van der Waals surface area (Å²) < 4.78 is 13.9. The van der Waals surface area contributed by atoms with E-state index in [1.54, 1.807) is 37.1 Å². The molecule has 6 aromatic rings. The predicted molar refractivity (Wildman–Crippen MR) is 145 cm³/mol. The molecule has 0 aliphatic heterocycles. The molecule has 0 radical (unpaired) electrons. The monoisotopic (exact) mass is 508 g/mol. The van der Waals surface area contributed by atoms with Gasteiger partial charge in [0.05, 0.1) is 46.5 Å². The molecular weight excluding hydrogens is 483 g/mol. The lowest BCUT2D eigenvalue weighted by molar-refractivity contribution is 0.190. The highest BCUT2D eigenvalue weighted by Gasteiger charge is 2.17. The maximum Gasteiger partial charge on any atom is 0.159 e. The minimum atomic E-state index is -0.636. The van der Waals surface area contributed by atoms with Crippen molar-refractivity contribution in [3.05, 3.63) is 73.2 Å². The Balaban J connectivity index is 1.37. The van der Waals surface area contributed by atoms with Crippen LogP contribution in [0.3, 0.4) is 0 Å². The standard InChI is InChI=1S/C28H25FN8O/c1-2-3-7-25(38)33-19-9-17(11-30-12-19)22-10-20-23(15-32-22)36-37-27(20)28-34-24-14-31-13-21(26(24)35-28)16-5-4-6-18(29)8-16/h4-6,8-15,25,33,38H,2-3,7H2,1H3,(H,34,35)(H,36,37). The van der Waals surface area contributed by atoms with Crippen molar-refractivity contribution in [2.75, 3.05) is 5.32 Å². The summed E-state index contributed by atoms with van der Waals surface area (Å²) in [5.41, 5.74) is 6.42. The molecule has 10 heteroatoms. The Kier molecular flexibility index (Phi) is 6.22. The second-order valence-corrected chi connectivity index (χ2v) is 9.13. The van der Waals surface area contributed by atoms with Crippen molar-refractivity contribution in [2.45, 2.75) is 32.4 Å². The molecule has 0 spiro atoms. The summed E-state index contributed by atoms with van der Waals surface area (Å²) >= 11 is 0. The molecule has 38 heavy (non-hydrogen) atoms. The lowest BCUT2D eigenvalue weighted by Crippen LogP contribution is -2.18. The number of aliphatic hydroxyl groups excluding tert-OH is 1. The fourth-order valence-corrected chi connectivity index (χ4v) is 4.49. The summed E-state index contributed by atoms with van der Waals surface area (Å²) in [6.07, 6.45) is 10.5. The number of H-pyrrole nitrogens is 2. The van der Waals surface area contributed by atoms with Gasteiger partial charge in [-0.1, -0.05) is 25.5 Å². The number of aromatic nitrogens is 7. The smallest absolute Gasteiger partial charge is 0.159 e. The predicted octanol–water partition coefficient (Wildman–Crippen LogP) is 5.68. The third kappa shape index (κ3) is 4.57. The molecule has 1 unspecified atom stereocenters. The number of aliphatic hydroxyl groups is 1. The van der Waals surface area contributed by atoms with E-state index in [1.807, 2.05) is 18.2 Å². The van der Waals surface area contributed by atoms with Gasteiger partial charge in [-0.05, 0) is 42.7 Å². The number of unbranched alkanes of at least 4 members (excludes halogenated alkanes) is 1. The van der Waals surface area contributed by atoms with Gasteiger partial charge in [-0.3, -0.25) is 20.1 Å². The number of hydrogen-bond acceptors (Lipinski definition) is 7. The van der Waals surface area contributed by atoms with Gasteiger partial charge in [-0.25, -0.2) is 9.37 Å². The van der Waals surface area contributed by atoms with E-state index in [0.717, 1.165) is 46.1 Å². The molecule has 5 aromatic heterocycles. The van der Waals surface area contributed by atoms with E-state index in [0.29, 0.717) is 34.7 Å². The topological polar surface area (TPSA) is 128 Å². The van der Waals surface area contributed by atoms with Crippen molar-refractivity contribution < 1.29 is 9.50 Å². The first-order valence-corrected chi connectivity index (χ1v) is 12.4. The summed E-state index contributed by atoms with van der Waals surface area (Å²) in [6.45, 7) is 2.09. The molecule has 0 aliphatic carbocycles. The first-order valence-electron chi connectivity index (χ1n) is 12.4. The maximum atomic E-state index is 13.9. The van der Waals surface area contributed by atoms with Crippen LogP contribution in [-0.4, -0.2) is 46.5 Å². The van der Waals surface area contributed by atoms with Crippen LogP contribution >= 0.6 is 0 Å². The zero-order chi connectivity index (χ0) is 26.1. The van der Waals surface area contributed by atoms with Gasteiger partial charge < -0.3 is 15.4 Å². The average molecular weight is 509 g/mol. The highest BCUT2D eigenvalue weighted by molar-refractivity contribution is 5.97. The maximum absolute atomic E-state index is 13.9. The summed E-state index contributed by atoms with van der Waals surface area (Å²) in [4.78, 5) is 21.3. The molecular formula is C28H25FN8O. The highest BCUT2D eigenvalue weighted by atomic mass is 19.1.